The van der Waals surface area contributed by atoms with E-state index in [1.807, 2.05) is 26.0 Å². The predicted molar refractivity (Wildman–Crippen MR) is 107 cm³/mol. The fraction of sp³-hybridized carbons (Fsp3) is 0.650. The summed E-state index contributed by atoms with van der Waals surface area (Å²) in [6.45, 7) is 5.92. The highest BCUT2D eigenvalue weighted by Gasteiger charge is 2.05. The van der Waals surface area contributed by atoms with Crippen molar-refractivity contribution in [1.29, 1.82) is 0 Å². The zero-order chi connectivity index (χ0) is 18.7. The van der Waals surface area contributed by atoms with Gasteiger partial charge in [-0.1, -0.05) is 36.0 Å². The number of aryl methyl sites for hydroxylation is 1. The number of hydrogen-bond donors (Lipinski definition) is 0. The molecule has 0 amide bonds. The van der Waals surface area contributed by atoms with Gasteiger partial charge < -0.3 is 9.64 Å². The second-order valence-electron chi connectivity index (χ2n) is 6.89. The molecule has 1 aromatic carbocycles. The zero-order valence-corrected chi connectivity index (χ0v) is 17.2. The molecule has 0 fully saturated rings. The molecule has 0 radical (unpaired) electrons. The molecule has 0 aliphatic heterocycles. The Kier molecular flexibility index (Phi) is 11.2. The second-order valence-corrected chi connectivity index (χ2v) is 7.76. The van der Waals surface area contributed by atoms with E-state index in [-0.39, 0.29) is 12.1 Å². The van der Waals surface area contributed by atoms with Gasteiger partial charge in [-0.05, 0) is 83.4 Å². The molecule has 0 saturated carbocycles. The highest BCUT2D eigenvalue weighted by Crippen LogP contribution is 2.20. The Hall–Kier alpha value is -0.770. The lowest BCUT2D eigenvalue weighted by atomic mass is 10.1. The van der Waals surface area contributed by atoms with Crippen LogP contribution in [0.2, 0.25) is 10.0 Å². The van der Waals surface area contributed by atoms with Gasteiger partial charge in [-0.2, -0.15) is 0 Å². The molecule has 0 aliphatic rings. The minimum absolute atomic E-state index is 0.0101. The number of carbonyl (C=O) groups excluding carboxylic acids is 1. The van der Waals surface area contributed by atoms with Gasteiger partial charge in [0, 0.05) is 16.5 Å². The number of carbonyl (C=O) groups is 1. The Morgan fingerprint density at radius 3 is 2.24 bits per heavy atom. The third-order valence-electron chi connectivity index (χ3n) is 3.97. The van der Waals surface area contributed by atoms with Gasteiger partial charge in [-0.15, -0.1) is 0 Å². The van der Waals surface area contributed by atoms with E-state index in [4.69, 9.17) is 27.9 Å². The van der Waals surface area contributed by atoms with Crippen LogP contribution in [0.5, 0.6) is 0 Å². The first-order valence-corrected chi connectivity index (χ1v) is 9.95. The molecule has 0 aliphatic carbocycles. The predicted octanol–water partition coefficient (Wildman–Crippen LogP) is 5.76. The fourth-order valence-corrected chi connectivity index (χ4v) is 3.32. The highest BCUT2D eigenvalue weighted by atomic mass is 35.5. The van der Waals surface area contributed by atoms with Crippen LogP contribution in [0, 0.1) is 0 Å². The number of benzene rings is 1. The first-order valence-electron chi connectivity index (χ1n) is 9.20. The summed E-state index contributed by atoms with van der Waals surface area (Å²) in [5.74, 6) is -0.0757. The summed E-state index contributed by atoms with van der Waals surface area (Å²) in [6.07, 6.45) is 6.94. The highest BCUT2D eigenvalue weighted by molar-refractivity contribution is 6.34. The topological polar surface area (TPSA) is 29.5 Å². The van der Waals surface area contributed by atoms with Crippen LogP contribution < -0.4 is 0 Å². The summed E-state index contributed by atoms with van der Waals surface area (Å²) >= 11 is 12.0. The van der Waals surface area contributed by atoms with Gasteiger partial charge in [-0.3, -0.25) is 4.79 Å². The quantitative estimate of drug-likeness (QED) is 0.337. The lowest BCUT2D eigenvalue weighted by molar-refractivity contribution is -0.147. The average molecular weight is 388 g/mol. The molecular formula is C20H31Cl2NO2. The lowest BCUT2D eigenvalue weighted by Gasteiger charge is -2.16. The van der Waals surface area contributed by atoms with Gasteiger partial charge >= 0.3 is 5.97 Å². The van der Waals surface area contributed by atoms with Gasteiger partial charge in [0.25, 0.3) is 0 Å². The lowest BCUT2D eigenvalue weighted by Crippen LogP contribution is -2.21. The number of hydrogen-bond acceptors (Lipinski definition) is 3. The normalized spacial score (nSPS) is 11.3. The molecule has 0 N–H and O–H groups in total. The molecule has 0 heterocycles. The standard InChI is InChI=1S/C20H31Cl2NO2/c1-16(2)25-20(24)10-6-4-5-7-11-23(3)12-8-9-17-13-18(21)15-19(22)14-17/h13-16H,4-12H2,1-3H3. The average Bonchev–Trinajstić information content (AvgIpc) is 2.49. The summed E-state index contributed by atoms with van der Waals surface area (Å²) < 4.78 is 5.13. The number of unbranched alkanes of at least 4 members (excludes halogenated alkanes) is 3. The molecule has 0 bridgehead atoms. The molecule has 0 saturated heterocycles. The summed E-state index contributed by atoms with van der Waals surface area (Å²) in [4.78, 5) is 13.8. The molecule has 0 atom stereocenters. The number of rotatable bonds is 12. The molecule has 25 heavy (non-hydrogen) atoms. The summed E-state index contributed by atoms with van der Waals surface area (Å²) in [7, 11) is 2.16. The van der Waals surface area contributed by atoms with E-state index in [2.05, 4.69) is 11.9 Å². The molecule has 5 heteroatoms. The smallest absolute Gasteiger partial charge is 0.306 e. The Bertz CT molecular complexity index is 500. The van der Waals surface area contributed by atoms with Crippen molar-refractivity contribution in [1.82, 2.24) is 4.90 Å². The van der Waals surface area contributed by atoms with Gasteiger partial charge in [0.15, 0.2) is 0 Å². The monoisotopic (exact) mass is 387 g/mol. The maximum Gasteiger partial charge on any atom is 0.306 e. The summed E-state index contributed by atoms with van der Waals surface area (Å²) in [5, 5.41) is 1.40. The molecule has 0 unspecified atom stereocenters. The van der Waals surface area contributed by atoms with E-state index in [9.17, 15) is 4.79 Å². The van der Waals surface area contributed by atoms with E-state index in [1.54, 1.807) is 6.07 Å². The molecule has 142 valence electrons. The van der Waals surface area contributed by atoms with Crippen LogP contribution in [-0.4, -0.2) is 37.1 Å². The van der Waals surface area contributed by atoms with Crippen molar-refractivity contribution in [3.05, 3.63) is 33.8 Å². The molecule has 1 aromatic rings. The first kappa shape index (κ1) is 22.3. The van der Waals surface area contributed by atoms with Crippen molar-refractivity contribution in [2.75, 3.05) is 20.1 Å². The number of ether oxygens (including phenoxy) is 1. The minimum Gasteiger partial charge on any atom is -0.463 e. The third kappa shape index (κ3) is 11.5. The van der Waals surface area contributed by atoms with Gasteiger partial charge in [0.1, 0.15) is 0 Å². The van der Waals surface area contributed by atoms with E-state index < -0.39 is 0 Å². The summed E-state index contributed by atoms with van der Waals surface area (Å²) in [6, 6.07) is 5.73. The Morgan fingerprint density at radius 2 is 1.60 bits per heavy atom. The van der Waals surface area contributed by atoms with Crippen molar-refractivity contribution < 1.29 is 9.53 Å². The minimum atomic E-state index is -0.0757. The SMILES string of the molecule is CC(C)OC(=O)CCCCCCN(C)CCCc1cc(Cl)cc(Cl)c1. The van der Waals surface area contributed by atoms with Crippen molar-refractivity contribution in [2.24, 2.45) is 0 Å². The van der Waals surface area contributed by atoms with Gasteiger partial charge in [0.05, 0.1) is 6.10 Å². The largest absolute Gasteiger partial charge is 0.463 e. The van der Waals surface area contributed by atoms with Crippen LogP contribution in [-0.2, 0) is 16.0 Å². The van der Waals surface area contributed by atoms with E-state index in [1.165, 1.54) is 12.0 Å². The summed E-state index contributed by atoms with van der Waals surface area (Å²) in [5.41, 5.74) is 1.19. The first-order chi connectivity index (χ1) is 11.9. The van der Waals surface area contributed by atoms with Crippen LogP contribution in [0.1, 0.15) is 57.9 Å². The van der Waals surface area contributed by atoms with E-state index >= 15 is 0 Å². The molecule has 1 rings (SSSR count). The van der Waals surface area contributed by atoms with Crippen LogP contribution in [0.15, 0.2) is 18.2 Å². The fourth-order valence-electron chi connectivity index (χ4n) is 2.75. The molecule has 0 spiro atoms. The maximum absolute atomic E-state index is 11.4. The Balaban J connectivity index is 2.03. The van der Waals surface area contributed by atoms with Gasteiger partial charge in [0.2, 0.25) is 0 Å². The van der Waals surface area contributed by atoms with Crippen LogP contribution in [0.4, 0.5) is 0 Å². The Labute approximate surface area is 162 Å². The molecular weight excluding hydrogens is 357 g/mol. The number of nitrogens with zero attached hydrogens (tertiary/aromatic N) is 1. The number of halogens is 2. The van der Waals surface area contributed by atoms with Crippen LogP contribution in [0.3, 0.4) is 0 Å². The van der Waals surface area contributed by atoms with Crippen molar-refractivity contribution in [3.8, 4) is 0 Å². The van der Waals surface area contributed by atoms with Crippen LogP contribution in [0.25, 0.3) is 0 Å². The van der Waals surface area contributed by atoms with Gasteiger partial charge in [-0.25, -0.2) is 0 Å². The third-order valence-corrected chi connectivity index (χ3v) is 4.40. The maximum atomic E-state index is 11.4. The van der Waals surface area contributed by atoms with Crippen LogP contribution >= 0.6 is 23.2 Å². The van der Waals surface area contributed by atoms with Crippen molar-refractivity contribution >= 4 is 29.2 Å². The van der Waals surface area contributed by atoms with Crippen molar-refractivity contribution in [2.45, 2.75) is 64.9 Å². The zero-order valence-electron chi connectivity index (χ0n) is 15.7. The molecule has 0 aromatic heterocycles. The Morgan fingerprint density at radius 1 is 1.00 bits per heavy atom. The van der Waals surface area contributed by atoms with E-state index in [0.717, 1.165) is 45.2 Å². The second kappa shape index (κ2) is 12.6. The van der Waals surface area contributed by atoms with E-state index in [0.29, 0.717) is 16.5 Å². The number of esters is 1. The molecule has 3 nitrogen and oxygen atoms in total. The van der Waals surface area contributed by atoms with Crippen molar-refractivity contribution in [3.63, 3.8) is 0 Å².